The number of nitrogens with zero attached hydrogens (tertiary/aromatic N) is 1. The summed E-state index contributed by atoms with van der Waals surface area (Å²) in [5.74, 6) is -0.363. The van der Waals surface area contributed by atoms with E-state index in [0.29, 0.717) is 26.1 Å². The number of fused-ring (bicyclic) bond motifs is 1. The fourth-order valence-electron chi connectivity index (χ4n) is 4.43. The maximum Gasteiger partial charge on any atom is 0.310 e. The maximum absolute atomic E-state index is 13.3. The van der Waals surface area contributed by atoms with Crippen LogP contribution < -0.4 is 0 Å². The van der Waals surface area contributed by atoms with Crippen molar-refractivity contribution in [3.05, 3.63) is 71.9 Å². The molecule has 2 atom stereocenters. The van der Waals surface area contributed by atoms with Crippen LogP contribution in [0.4, 0.5) is 0 Å². The molecule has 0 spiro atoms. The molecule has 1 aliphatic rings. The molecule has 5 nitrogen and oxygen atoms in total. The average molecular weight is 405 g/mol. The van der Waals surface area contributed by atoms with E-state index < -0.39 is 0 Å². The molecular weight excluding hydrogens is 376 g/mol. The number of benzene rings is 2. The van der Waals surface area contributed by atoms with Crippen LogP contribution in [0.1, 0.15) is 43.2 Å². The molecular formula is C25H28N2O3. The summed E-state index contributed by atoms with van der Waals surface area (Å²) in [5, 5.41) is 1.14. The molecule has 0 bridgehead atoms. The fourth-order valence-corrected chi connectivity index (χ4v) is 4.43. The molecule has 1 fully saturated rings. The van der Waals surface area contributed by atoms with Crippen LogP contribution >= 0.6 is 0 Å². The molecule has 156 valence electrons. The van der Waals surface area contributed by atoms with E-state index in [4.69, 9.17) is 4.74 Å². The predicted octanol–water partition coefficient (Wildman–Crippen LogP) is 4.49. The number of nitrogens with one attached hydrogen (secondary N) is 1. The van der Waals surface area contributed by atoms with Gasteiger partial charge < -0.3 is 14.6 Å². The quantitative estimate of drug-likeness (QED) is 0.616. The third-order valence-corrected chi connectivity index (χ3v) is 5.97. The third kappa shape index (κ3) is 4.25. The molecule has 2 aromatic carbocycles. The van der Waals surface area contributed by atoms with Crippen molar-refractivity contribution in [1.29, 1.82) is 0 Å². The third-order valence-electron chi connectivity index (χ3n) is 5.97. The van der Waals surface area contributed by atoms with Gasteiger partial charge in [0.05, 0.1) is 12.5 Å². The summed E-state index contributed by atoms with van der Waals surface area (Å²) in [5.41, 5.74) is 3.32. The zero-order chi connectivity index (χ0) is 20.9. The van der Waals surface area contributed by atoms with Crippen molar-refractivity contribution in [2.75, 3.05) is 19.7 Å². The molecule has 5 heteroatoms. The van der Waals surface area contributed by atoms with Gasteiger partial charge in [-0.15, -0.1) is 0 Å². The Balaban J connectivity index is 1.58. The summed E-state index contributed by atoms with van der Waals surface area (Å²) in [6, 6.07) is 18.4. The lowest BCUT2D eigenvalue weighted by atomic mass is 9.87. The van der Waals surface area contributed by atoms with Gasteiger partial charge in [-0.05, 0) is 37.0 Å². The van der Waals surface area contributed by atoms with E-state index in [1.807, 2.05) is 48.4 Å². The van der Waals surface area contributed by atoms with Crippen LogP contribution in [-0.4, -0.2) is 41.5 Å². The molecule has 1 saturated heterocycles. The van der Waals surface area contributed by atoms with Crippen LogP contribution in [-0.2, 0) is 14.3 Å². The predicted molar refractivity (Wildman–Crippen MR) is 117 cm³/mol. The Kier molecular flexibility index (Phi) is 6.17. The van der Waals surface area contributed by atoms with Crippen LogP contribution in [0.15, 0.2) is 60.8 Å². The summed E-state index contributed by atoms with van der Waals surface area (Å²) in [4.78, 5) is 30.7. The highest BCUT2D eigenvalue weighted by Gasteiger charge is 2.31. The lowest BCUT2D eigenvalue weighted by Gasteiger charge is -2.32. The average Bonchev–Trinajstić information content (AvgIpc) is 3.22. The minimum absolute atomic E-state index is 0.0437. The van der Waals surface area contributed by atoms with E-state index in [9.17, 15) is 9.59 Å². The van der Waals surface area contributed by atoms with Crippen molar-refractivity contribution >= 4 is 22.8 Å². The molecule has 0 radical (unpaired) electrons. The van der Waals surface area contributed by atoms with E-state index in [-0.39, 0.29) is 23.7 Å². The molecule has 30 heavy (non-hydrogen) atoms. The van der Waals surface area contributed by atoms with Crippen molar-refractivity contribution in [3.63, 3.8) is 0 Å². The zero-order valence-electron chi connectivity index (χ0n) is 17.3. The molecule has 2 heterocycles. The fraction of sp³-hybridized carbons (Fsp3) is 0.360. The smallest absolute Gasteiger partial charge is 0.310 e. The Hall–Kier alpha value is -3.08. The zero-order valence-corrected chi connectivity index (χ0v) is 17.3. The SMILES string of the molecule is CCOC(=O)C1CCCN(C(=O)CC(c2ccccc2)c2c[nH]c3ccccc23)C1. The first-order valence-electron chi connectivity index (χ1n) is 10.7. The summed E-state index contributed by atoms with van der Waals surface area (Å²) in [6.07, 6.45) is 4.01. The molecule has 1 aromatic heterocycles. The summed E-state index contributed by atoms with van der Waals surface area (Å²) in [7, 11) is 0. The number of aromatic nitrogens is 1. The van der Waals surface area contributed by atoms with Gasteiger partial charge in [0.25, 0.3) is 0 Å². The van der Waals surface area contributed by atoms with Crippen LogP contribution in [0.5, 0.6) is 0 Å². The molecule has 1 aliphatic heterocycles. The number of likely N-dealkylation sites (tertiary alicyclic amines) is 1. The number of rotatable bonds is 6. The highest BCUT2D eigenvalue weighted by atomic mass is 16.5. The van der Waals surface area contributed by atoms with Gasteiger partial charge in [-0.3, -0.25) is 9.59 Å². The first-order valence-corrected chi connectivity index (χ1v) is 10.7. The monoisotopic (exact) mass is 404 g/mol. The van der Waals surface area contributed by atoms with Gasteiger partial charge in [-0.25, -0.2) is 0 Å². The van der Waals surface area contributed by atoms with E-state index in [1.54, 1.807) is 0 Å². The van der Waals surface area contributed by atoms with Crippen molar-refractivity contribution in [1.82, 2.24) is 9.88 Å². The minimum Gasteiger partial charge on any atom is -0.466 e. The second-order valence-corrected chi connectivity index (χ2v) is 7.89. The summed E-state index contributed by atoms with van der Waals surface area (Å²) >= 11 is 0. The number of H-pyrrole nitrogens is 1. The van der Waals surface area contributed by atoms with E-state index in [2.05, 4.69) is 29.2 Å². The van der Waals surface area contributed by atoms with Gasteiger partial charge in [0.2, 0.25) is 5.91 Å². The number of hydrogen-bond acceptors (Lipinski definition) is 3. The topological polar surface area (TPSA) is 62.4 Å². The van der Waals surface area contributed by atoms with E-state index in [1.165, 1.54) is 0 Å². The highest BCUT2D eigenvalue weighted by Crippen LogP contribution is 2.34. The standard InChI is InChI=1S/C25H28N2O3/c1-2-30-25(29)19-11-8-14-27(17-19)24(28)15-21(18-9-4-3-5-10-18)22-16-26-23-13-7-6-12-20(22)23/h3-7,9-10,12-13,16,19,21,26H,2,8,11,14-15,17H2,1H3. The number of piperidine rings is 1. The number of ether oxygens (including phenoxy) is 1. The van der Waals surface area contributed by atoms with Gasteiger partial charge in [-0.2, -0.15) is 0 Å². The van der Waals surface area contributed by atoms with Crippen molar-refractivity contribution in [2.45, 2.75) is 32.1 Å². The normalized spacial score (nSPS) is 17.6. The largest absolute Gasteiger partial charge is 0.466 e. The Bertz CT molecular complexity index is 1010. The maximum atomic E-state index is 13.3. The van der Waals surface area contributed by atoms with Gasteiger partial charge in [0, 0.05) is 42.5 Å². The number of para-hydroxylation sites is 1. The number of hydrogen-bond donors (Lipinski definition) is 1. The van der Waals surface area contributed by atoms with Gasteiger partial charge >= 0.3 is 5.97 Å². The van der Waals surface area contributed by atoms with Crippen molar-refractivity contribution < 1.29 is 14.3 Å². The van der Waals surface area contributed by atoms with Crippen molar-refractivity contribution in [3.8, 4) is 0 Å². The summed E-state index contributed by atoms with van der Waals surface area (Å²) in [6.45, 7) is 3.34. The van der Waals surface area contributed by atoms with E-state index >= 15 is 0 Å². The lowest BCUT2D eigenvalue weighted by Crippen LogP contribution is -2.43. The molecule has 2 unspecified atom stereocenters. The molecule has 0 saturated carbocycles. The second-order valence-electron chi connectivity index (χ2n) is 7.89. The molecule has 1 amide bonds. The van der Waals surface area contributed by atoms with Crippen LogP contribution in [0, 0.1) is 5.92 Å². The van der Waals surface area contributed by atoms with Crippen molar-refractivity contribution in [2.24, 2.45) is 5.92 Å². The highest BCUT2D eigenvalue weighted by molar-refractivity contribution is 5.86. The number of amides is 1. The first kappa shape index (κ1) is 20.2. The summed E-state index contributed by atoms with van der Waals surface area (Å²) < 4.78 is 5.19. The van der Waals surface area contributed by atoms with Crippen LogP contribution in [0.25, 0.3) is 10.9 Å². The minimum atomic E-state index is -0.217. The molecule has 4 rings (SSSR count). The first-order chi connectivity index (χ1) is 14.7. The Labute approximate surface area is 177 Å². The number of carbonyl (C=O) groups is 2. The van der Waals surface area contributed by atoms with Gasteiger partial charge in [-0.1, -0.05) is 48.5 Å². The number of carbonyl (C=O) groups excluding carboxylic acids is 2. The second kappa shape index (κ2) is 9.16. The Morgan fingerprint density at radius 3 is 2.70 bits per heavy atom. The van der Waals surface area contributed by atoms with Crippen LogP contribution in [0.3, 0.4) is 0 Å². The molecule has 1 N–H and O–H groups in total. The van der Waals surface area contributed by atoms with Gasteiger partial charge in [0.15, 0.2) is 0 Å². The molecule has 3 aromatic rings. The van der Waals surface area contributed by atoms with Gasteiger partial charge in [0.1, 0.15) is 0 Å². The number of aromatic amines is 1. The Morgan fingerprint density at radius 2 is 1.90 bits per heavy atom. The van der Waals surface area contributed by atoms with Crippen LogP contribution in [0.2, 0.25) is 0 Å². The molecule has 0 aliphatic carbocycles. The Morgan fingerprint density at radius 1 is 1.13 bits per heavy atom. The number of esters is 1. The van der Waals surface area contributed by atoms with E-state index in [0.717, 1.165) is 34.9 Å². The lowest BCUT2D eigenvalue weighted by molar-refractivity contribution is -0.151.